The maximum atomic E-state index is 12.6. The predicted octanol–water partition coefficient (Wildman–Crippen LogP) is 3.69. The van der Waals surface area contributed by atoms with Gasteiger partial charge < -0.3 is 9.47 Å². The maximum Gasteiger partial charge on any atom is 0.228 e. The molecular formula is C21H23N3O3. The second kappa shape index (κ2) is 8.40. The number of benzene rings is 2. The number of carbonyl (C=O) groups excluding carboxylic acids is 1. The SMILES string of the molecule is COc1ccc(CCC(=O)N(C)c2cc(-c3ccccc3)[nH]n2)cc1OC. The van der Waals surface area contributed by atoms with Crippen molar-refractivity contribution < 1.29 is 14.3 Å². The van der Waals surface area contributed by atoms with Gasteiger partial charge in [-0.05, 0) is 29.7 Å². The average Bonchev–Trinajstić information content (AvgIpc) is 3.22. The number of carbonyl (C=O) groups is 1. The number of hydrogen-bond donors (Lipinski definition) is 1. The molecule has 1 amide bonds. The van der Waals surface area contributed by atoms with E-state index in [1.165, 1.54) is 0 Å². The fourth-order valence-electron chi connectivity index (χ4n) is 2.83. The number of hydrogen-bond acceptors (Lipinski definition) is 4. The number of aromatic nitrogens is 2. The molecule has 3 aromatic rings. The zero-order chi connectivity index (χ0) is 19.2. The lowest BCUT2D eigenvalue weighted by Crippen LogP contribution is -2.26. The van der Waals surface area contributed by atoms with E-state index in [1.807, 2.05) is 54.6 Å². The first-order chi connectivity index (χ1) is 13.1. The minimum atomic E-state index is -0.00380. The third kappa shape index (κ3) is 4.28. The molecule has 0 saturated heterocycles. The maximum absolute atomic E-state index is 12.6. The van der Waals surface area contributed by atoms with E-state index in [0.717, 1.165) is 16.8 Å². The van der Waals surface area contributed by atoms with E-state index in [-0.39, 0.29) is 5.91 Å². The number of nitrogens with one attached hydrogen (secondary N) is 1. The van der Waals surface area contributed by atoms with Crippen LogP contribution in [0, 0.1) is 0 Å². The topological polar surface area (TPSA) is 67.5 Å². The third-order valence-corrected chi connectivity index (χ3v) is 4.44. The van der Waals surface area contributed by atoms with Crippen LogP contribution in [-0.2, 0) is 11.2 Å². The predicted molar refractivity (Wildman–Crippen MR) is 105 cm³/mol. The van der Waals surface area contributed by atoms with Gasteiger partial charge in [0, 0.05) is 19.5 Å². The summed E-state index contributed by atoms with van der Waals surface area (Å²) in [5.74, 6) is 1.94. The van der Waals surface area contributed by atoms with Crippen LogP contribution in [0.2, 0.25) is 0 Å². The molecule has 0 spiro atoms. The average molecular weight is 365 g/mol. The molecule has 2 aromatic carbocycles. The second-order valence-corrected chi connectivity index (χ2v) is 6.15. The van der Waals surface area contributed by atoms with Gasteiger partial charge in [0.15, 0.2) is 17.3 Å². The number of ether oxygens (including phenoxy) is 2. The van der Waals surface area contributed by atoms with E-state index < -0.39 is 0 Å². The lowest BCUT2D eigenvalue weighted by atomic mass is 10.1. The highest BCUT2D eigenvalue weighted by Gasteiger charge is 2.15. The number of amides is 1. The summed E-state index contributed by atoms with van der Waals surface area (Å²) in [6.45, 7) is 0. The van der Waals surface area contributed by atoms with E-state index in [1.54, 1.807) is 26.2 Å². The Hall–Kier alpha value is -3.28. The molecule has 6 nitrogen and oxygen atoms in total. The van der Waals surface area contributed by atoms with Crippen molar-refractivity contribution >= 4 is 11.7 Å². The van der Waals surface area contributed by atoms with Crippen LogP contribution in [-0.4, -0.2) is 37.4 Å². The zero-order valence-corrected chi connectivity index (χ0v) is 15.7. The fourth-order valence-corrected chi connectivity index (χ4v) is 2.83. The summed E-state index contributed by atoms with van der Waals surface area (Å²) in [5.41, 5.74) is 2.92. The van der Waals surface area contributed by atoms with E-state index >= 15 is 0 Å². The van der Waals surface area contributed by atoms with Crippen LogP contribution in [0.1, 0.15) is 12.0 Å². The largest absolute Gasteiger partial charge is 0.493 e. The first-order valence-electron chi connectivity index (χ1n) is 8.70. The monoisotopic (exact) mass is 365 g/mol. The van der Waals surface area contributed by atoms with Crippen LogP contribution >= 0.6 is 0 Å². The minimum absolute atomic E-state index is 0.00380. The van der Waals surface area contributed by atoms with Crippen LogP contribution in [0.3, 0.4) is 0 Å². The number of aromatic amines is 1. The van der Waals surface area contributed by atoms with Crippen molar-refractivity contribution in [3.05, 3.63) is 60.2 Å². The van der Waals surface area contributed by atoms with Gasteiger partial charge in [-0.15, -0.1) is 0 Å². The van der Waals surface area contributed by atoms with Gasteiger partial charge in [-0.2, -0.15) is 5.10 Å². The van der Waals surface area contributed by atoms with Crippen molar-refractivity contribution in [3.63, 3.8) is 0 Å². The molecule has 1 N–H and O–H groups in total. The molecule has 0 aliphatic rings. The van der Waals surface area contributed by atoms with Crippen molar-refractivity contribution in [3.8, 4) is 22.8 Å². The standard InChI is InChI=1S/C21H23N3O3/c1-24(20-14-17(22-23-20)16-7-5-4-6-8-16)21(25)12-10-15-9-11-18(26-2)19(13-15)27-3/h4-9,11,13-14H,10,12H2,1-3H3,(H,22,23). The Kier molecular flexibility index (Phi) is 5.76. The highest BCUT2D eigenvalue weighted by molar-refractivity contribution is 5.92. The summed E-state index contributed by atoms with van der Waals surface area (Å²) >= 11 is 0. The van der Waals surface area contributed by atoms with Crippen LogP contribution in [0.5, 0.6) is 11.5 Å². The smallest absolute Gasteiger partial charge is 0.228 e. The molecule has 0 bridgehead atoms. The molecule has 0 fully saturated rings. The van der Waals surface area contributed by atoms with Gasteiger partial charge in [0.25, 0.3) is 0 Å². The normalized spacial score (nSPS) is 10.5. The van der Waals surface area contributed by atoms with Gasteiger partial charge in [-0.1, -0.05) is 36.4 Å². The summed E-state index contributed by atoms with van der Waals surface area (Å²) in [6, 6.07) is 17.5. The van der Waals surface area contributed by atoms with Crippen LogP contribution in [0.25, 0.3) is 11.3 Å². The molecule has 6 heteroatoms. The first kappa shape index (κ1) is 18.5. The third-order valence-electron chi connectivity index (χ3n) is 4.44. The molecular weight excluding hydrogens is 342 g/mol. The number of anilines is 1. The molecule has 140 valence electrons. The second-order valence-electron chi connectivity index (χ2n) is 6.15. The Morgan fingerprint density at radius 3 is 2.48 bits per heavy atom. The Morgan fingerprint density at radius 2 is 1.78 bits per heavy atom. The van der Waals surface area contributed by atoms with Gasteiger partial charge in [-0.25, -0.2) is 0 Å². The van der Waals surface area contributed by atoms with E-state index in [9.17, 15) is 4.79 Å². The molecule has 27 heavy (non-hydrogen) atoms. The van der Waals surface area contributed by atoms with Crippen molar-refractivity contribution in [1.82, 2.24) is 10.2 Å². The van der Waals surface area contributed by atoms with Gasteiger partial charge in [-0.3, -0.25) is 14.8 Å². The lowest BCUT2D eigenvalue weighted by Gasteiger charge is -2.14. The summed E-state index contributed by atoms with van der Waals surface area (Å²) in [4.78, 5) is 14.1. The molecule has 1 aromatic heterocycles. The Labute approximate surface area is 158 Å². The lowest BCUT2D eigenvalue weighted by molar-refractivity contribution is -0.118. The van der Waals surface area contributed by atoms with Crippen LogP contribution in [0.15, 0.2) is 54.6 Å². The number of methoxy groups -OCH3 is 2. The molecule has 0 atom stereocenters. The molecule has 0 aliphatic heterocycles. The van der Waals surface area contributed by atoms with E-state index in [2.05, 4.69) is 10.2 Å². The minimum Gasteiger partial charge on any atom is -0.493 e. The first-order valence-corrected chi connectivity index (χ1v) is 8.70. The summed E-state index contributed by atoms with van der Waals surface area (Å²) in [5, 5.41) is 7.25. The van der Waals surface area contributed by atoms with Gasteiger partial charge in [0.1, 0.15) is 0 Å². The summed E-state index contributed by atoms with van der Waals surface area (Å²) < 4.78 is 10.6. The van der Waals surface area contributed by atoms with Crippen LogP contribution < -0.4 is 14.4 Å². The molecule has 0 saturated carbocycles. The molecule has 0 unspecified atom stereocenters. The number of H-pyrrole nitrogens is 1. The molecule has 1 heterocycles. The molecule has 0 aliphatic carbocycles. The van der Waals surface area contributed by atoms with Gasteiger partial charge >= 0.3 is 0 Å². The Balaban J connectivity index is 1.64. The summed E-state index contributed by atoms with van der Waals surface area (Å²) in [7, 11) is 4.94. The summed E-state index contributed by atoms with van der Waals surface area (Å²) in [6.07, 6.45) is 0.985. The van der Waals surface area contributed by atoms with Crippen molar-refractivity contribution in [2.45, 2.75) is 12.8 Å². The number of nitrogens with zero attached hydrogens (tertiary/aromatic N) is 2. The van der Waals surface area contributed by atoms with Crippen molar-refractivity contribution in [2.75, 3.05) is 26.2 Å². The van der Waals surface area contributed by atoms with Gasteiger partial charge in [0.05, 0.1) is 19.9 Å². The number of rotatable bonds is 7. The zero-order valence-electron chi connectivity index (χ0n) is 15.7. The highest BCUT2D eigenvalue weighted by Crippen LogP contribution is 2.28. The van der Waals surface area contributed by atoms with E-state index in [0.29, 0.717) is 30.2 Å². The quantitative estimate of drug-likeness (QED) is 0.693. The van der Waals surface area contributed by atoms with Crippen molar-refractivity contribution in [1.29, 1.82) is 0 Å². The Morgan fingerprint density at radius 1 is 1.04 bits per heavy atom. The van der Waals surface area contributed by atoms with Gasteiger partial charge in [0.2, 0.25) is 5.91 Å². The fraction of sp³-hybridized carbons (Fsp3) is 0.238. The molecule has 3 rings (SSSR count). The van der Waals surface area contributed by atoms with Crippen molar-refractivity contribution in [2.24, 2.45) is 0 Å². The molecule has 0 radical (unpaired) electrons. The Bertz CT molecular complexity index is 906. The van der Waals surface area contributed by atoms with Crippen LogP contribution in [0.4, 0.5) is 5.82 Å². The van der Waals surface area contributed by atoms with E-state index in [4.69, 9.17) is 9.47 Å². The highest BCUT2D eigenvalue weighted by atomic mass is 16.5. The number of aryl methyl sites for hydroxylation is 1.